The maximum Gasteiger partial charge on any atom is 0.238 e. The minimum atomic E-state index is 0.304. The second-order valence-corrected chi connectivity index (χ2v) is 4.19. The summed E-state index contributed by atoms with van der Waals surface area (Å²) in [6, 6.07) is 9.18. The average molecular weight is 265 g/mol. The summed E-state index contributed by atoms with van der Waals surface area (Å²) in [6.07, 6.45) is 1.65. The van der Waals surface area contributed by atoms with Crippen LogP contribution in [-0.2, 0) is 0 Å². The van der Waals surface area contributed by atoms with Crippen LogP contribution < -0.4 is 0 Å². The zero-order valence-corrected chi connectivity index (χ0v) is 10.0. The first kappa shape index (κ1) is 10.5. The molecular weight excluding hydrogens is 259 g/mol. The molecule has 0 aliphatic heterocycles. The highest BCUT2D eigenvalue weighted by Crippen LogP contribution is 2.18. The van der Waals surface area contributed by atoms with Crippen molar-refractivity contribution < 1.29 is 0 Å². The normalized spacial score (nSPS) is 10.9. The molecule has 0 saturated carbocycles. The molecule has 6 heteroatoms. The van der Waals surface area contributed by atoms with Crippen LogP contribution in [0.2, 0.25) is 10.3 Å². The number of hydrogen-bond acceptors (Lipinski definition) is 3. The first-order valence-electron chi connectivity index (χ1n) is 4.86. The number of aromatic nitrogens is 4. The molecule has 4 nitrogen and oxygen atoms in total. The fraction of sp³-hybridized carbons (Fsp3) is 0. The van der Waals surface area contributed by atoms with Crippen molar-refractivity contribution in [2.45, 2.75) is 0 Å². The van der Waals surface area contributed by atoms with Gasteiger partial charge in [-0.05, 0) is 12.1 Å². The van der Waals surface area contributed by atoms with E-state index in [1.807, 2.05) is 24.3 Å². The van der Waals surface area contributed by atoms with Crippen molar-refractivity contribution in [2.75, 3.05) is 0 Å². The molecule has 1 aromatic carbocycles. The molecule has 0 bridgehead atoms. The van der Waals surface area contributed by atoms with E-state index in [1.54, 1.807) is 10.9 Å². The molecule has 2 aromatic heterocycles. The molecule has 3 aromatic rings. The summed E-state index contributed by atoms with van der Waals surface area (Å²) in [4.78, 5) is 12.5. The average Bonchev–Trinajstić information content (AvgIpc) is 2.71. The Bertz CT molecular complexity index is 673. The van der Waals surface area contributed by atoms with Gasteiger partial charge in [-0.1, -0.05) is 35.3 Å². The maximum absolute atomic E-state index is 5.85. The predicted molar refractivity (Wildman–Crippen MR) is 66.7 cm³/mol. The van der Waals surface area contributed by atoms with Gasteiger partial charge in [-0.25, -0.2) is 15.0 Å². The fourth-order valence-electron chi connectivity index (χ4n) is 1.61. The number of nitrogens with zero attached hydrogens (tertiary/aromatic N) is 4. The van der Waals surface area contributed by atoms with Crippen LogP contribution in [0.25, 0.3) is 17.0 Å². The van der Waals surface area contributed by atoms with Crippen LogP contribution in [0.3, 0.4) is 0 Å². The van der Waals surface area contributed by atoms with Crippen LogP contribution in [0, 0.1) is 0 Å². The number of benzene rings is 1. The molecule has 0 saturated heterocycles. The molecule has 2 heterocycles. The van der Waals surface area contributed by atoms with Crippen LogP contribution >= 0.6 is 23.2 Å². The van der Waals surface area contributed by atoms with Gasteiger partial charge >= 0.3 is 0 Å². The third-order valence-electron chi connectivity index (χ3n) is 2.32. The third-order valence-corrected chi connectivity index (χ3v) is 2.71. The molecular formula is C11H6Cl2N4. The number of rotatable bonds is 1. The van der Waals surface area contributed by atoms with E-state index in [1.165, 1.54) is 6.07 Å². The van der Waals surface area contributed by atoms with Crippen molar-refractivity contribution in [3.8, 4) is 5.95 Å². The van der Waals surface area contributed by atoms with Crippen molar-refractivity contribution >= 4 is 34.2 Å². The van der Waals surface area contributed by atoms with Gasteiger partial charge in [0.15, 0.2) is 0 Å². The summed E-state index contributed by atoms with van der Waals surface area (Å²) >= 11 is 11.7. The Kier molecular flexibility index (Phi) is 2.46. The fourth-order valence-corrected chi connectivity index (χ4v) is 2.02. The Morgan fingerprint density at radius 3 is 2.47 bits per heavy atom. The highest BCUT2D eigenvalue weighted by molar-refractivity contribution is 6.33. The van der Waals surface area contributed by atoms with E-state index in [-0.39, 0.29) is 0 Å². The van der Waals surface area contributed by atoms with Gasteiger partial charge in [-0.3, -0.25) is 4.57 Å². The lowest BCUT2D eigenvalue weighted by molar-refractivity contribution is 0.949. The first-order valence-corrected chi connectivity index (χ1v) is 5.62. The Morgan fingerprint density at radius 2 is 1.71 bits per heavy atom. The van der Waals surface area contributed by atoms with E-state index in [0.717, 1.165) is 11.0 Å². The van der Waals surface area contributed by atoms with Gasteiger partial charge in [0, 0.05) is 6.07 Å². The molecule has 0 spiro atoms. The largest absolute Gasteiger partial charge is 0.267 e. The molecule has 0 atom stereocenters. The lowest BCUT2D eigenvalue weighted by Crippen LogP contribution is -1.99. The molecule has 0 fully saturated rings. The number of hydrogen-bond donors (Lipinski definition) is 0. The molecule has 0 unspecified atom stereocenters. The van der Waals surface area contributed by atoms with Crippen LogP contribution in [0.1, 0.15) is 0 Å². The first-order chi connectivity index (χ1) is 8.24. The van der Waals surface area contributed by atoms with E-state index in [2.05, 4.69) is 15.0 Å². The second-order valence-electron chi connectivity index (χ2n) is 3.42. The van der Waals surface area contributed by atoms with Gasteiger partial charge in [0.25, 0.3) is 0 Å². The lowest BCUT2D eigenvalue weighted by Gasteiger charge is -2.02. The van der Waals surface area contributed by atoms with Gasteiger partial charge in [0.1, 0.15) is 16.6 Å². The summed E-state index contributed by atoms with van der Waals surface area (Å²) < 4.78 is 1.74. The SMILES string of the molecule is Clc1cc(Cl)nc(-n2cnc3ccccc32)n1. The van der Waals surface area contributed by atoms with Crippen molar-refractivity contribution in [1.82, 2.24) is 19.5 Å². The zero-order chi connectivity index (χ0) is 11.8. The van der Waals surface area contributed by atoms with Gasteiger partial charge < -0.3 is 0 Å². The van der Waals surface area contributed by atoms with Crippen LogP contribution in [0.4, 0.5) is 0 Å². The lowest BCUT2D eigenvalue weighted by atomic mass is 10.3. The minimum Gasteiger partial charge on any atom is -0.267 e. The highest BCUT2D eigenvalue weighted by atomic mass is 35.5. The van der Waals surface area contributed by atoms with Crippen LogP contribution in [-0.4, -0.2) is 19.5 Å². The van der Waals surface area contributed by atoms with Crippen molar-refractivity contribution in [1.29, 1.82) is 0 Å². The van der Waals surface area contributed by atoms with E-state index < -0.39 is 0 Å². The second kappa shape index (κ2) is 3.98. The molecule has 0 radical (unpaired) electrons. The molecule has 0 aliphatic rings. The predicted octanol–water partition coefficient (Wildman–Crippen LogP) is 3.12. The Labute approximate surface area is 107 Å². The monoisotopic (exact) mass is 264 g/mol. The summed E-state index contributed by atoms with van der Waals surface area (Å²) in [5.41, 5.74) is 1.78. The molecule has 17 heavy (non-hydrogen) atoms. The standard InChI is InChI=1S/C11H6Cl2N4/c12-9-5-10(13)16-11(15-9)17-6-14-7-3-1-2-4-8(7)17/h1-6H. The van der Waals surface area contributed by atoms with E-state index in [9.17, 15) is 0 Å². The molecule has 0 amide bonds. The maximum atomic E-state index is 5.85. The number of para-hydroxylation sites is 2. The Morgan fingerprint density at radius 1 is 1.00 bits per heavy atom. The number of halogens is 2. The van der Waals surface area contributed by atoms with E-state index in [4.69, 9.17) is 23.2 Å². The van der Waals surface area contributed by atoms with Crippen molar-refractivity contribution in [3.05, 3.63) is 47.0 Å². The van der Waals surface area contributed by atoms with E-state index >= 15 is 0 Å². The Hall–Kier alpha value is -1.65. The smallest absolute Gasteiger partial charge is 0.238 e. The molecule has 0 aliphatic carbocycles. The van der Waals surface area contributed by atoms with Crippen LogP contribution in [0.15, 0.2) is 36.7 Å². The molecule has 84 valence electrons. The summed E-state index contributed by atoms with van der Waals surface area (Å²) in [5.74, 6) is 0.413. The summed E-state index contributed by atoms with van der Waals surface area (Å²) in [5, 5.41) is 0.607. The topological polar surface area (TPSA) is 43.6 Å². The highest BCUT2D eigenvalue weighted by Gasteiger charge is 2.08. The van der Waals surface area contributed by atoms with Gasteiger partial charge in [-0.2, -0.15) is 0 Å². The van der Waals surface area contributed by atoms with Gasteiger partial charge in [0.2, 0.25) is 5.95 Å². The van der Waals surface area contributed by atoms with Crippen molar-refractivity contribution in [3.63, 3.8) is 0 Å². The number of imidazole rings is 1. The Balaban J connectivity index is 2.27. The third kappa shape index (κ3) is 1.85. The quantitative estimate of drug-likeness (QED) is 0.635. The minimum absolute atomic E-state index is 0.304. The van der Waals surface area contributed by atoms with Gasteiger partial charge in [-0.15, -0.1) is 0 Å². The molecule has 3 rings (SSSR count). The summed E-state index contributed by atoms with van der Waals surface area (Å²) in [7, 11) is 0. The van der Waals surface area contributed by atoms with E-state index in [0.29, 0.717) is 16.3 Å². The zero-order valence-electron chi connectivity index (χ0n) is 8.51. The van der Waals surface area contributed by atoms with Crippen molar-refractivity contribution in [2.24, 2.45) is 0 Å². The van der Waals surface area contributed by atoms with Gasteiger partial charge in [0.05, 0.1) is 11.0 Å². The number of fused-ring (bicyclic) bond motifs is 1. The summed E-state index contributed by atoms with van der Waals surface area (Å²) in [6.45, 7) is 0. The van der Waals surface area contributed by atoms with Crippen LogP contribution in [0.5, 0.6) is 0 Å². The molecule has 0 N–H and O–H groups in total.